The molecule has 0 radical (unpaired) electrons. The molecule has 24 heavy (non-hydrogen) atoms. The minimum absolute atomic E-state index is 0.510. The van der Waals surface area contributed by atoms with E-state index in [0.717, 1.165) is 16.7 Å². The monoisotopic (exact) mass is 342 g/mol. The summed E-state index contributed by atoms with van der Waals surface area (Å²) in [6.45, 7) is 0. The molecule has 0 saturated heterocycles. The van der Waals surface area contributed by atoms with Crippen LogP contribution in [0, 0.1) is 0 Å². The molecule has 0 amide bonds. The van der Waals surface area contributed by atoms with Gasteiger partial charge >= 0.3 is 0 Å². The molecule has 7 heteroatoms. The largest absolute Gasteiger partial charge is 0.493 e. The average Bonchev–Trinajstić information content (AvgIpc) is 3.29. The molecule has 2 heterocycles. The van der Waals surface area contributed by atoms with Crippen molar-refractivity contribution in [1.29, 1.82) is 0 Å². The molecule has 4 rings (SSSR count). The zero-order chi connectivity index (χ0) is 16.5. The molecular formula is C17H14N2O4S. The third-order valence-electron chi connectivity index (χ3n) is 3.78. The second kappa shape index (κ2) is 6.10. The molecule has 0 atom stereocenters. The van der Waals surface area contributed by atoms with Crippen molar-refractivity contribution in [2.45, 2.75) is 4.90 Å². The van der Waals surface area contributed by atoms with E-state index < -0.39 is 0 Å². The van der Waals surface area contributed by atoms with Gasteiger partial charge in [0.25, 0.3) is 0 Å². The highest BCUT2D eigenvalue weighted by molar-refractivity contribution is 7.98. The number of ether oxygens (including phenoxy) is 1. The first-order valence-electron chi connectivity index (χ1n) is 7.20. The molecule has 1 aliphatic heterocycles. The van der Waals surface area contributed by atoms with Crippen molar-refractivity contribution in [2.24, 2.45) is 0 Å². The van der Waals surface area contributed by atoms with E-state index in [1.165, 1.54) is 4.90 Å². The van der Waals surface area contributed by atoms with Crippen LogP contribution in [0.2, 0.25) is 0 Å². The van der Waals surface area contributed by atoms with Crippen LogP contribution in [0.3, 0.4) is 0 Å². The van der Waals surface area contributed by atoms with E-state index in [1.807, 2.05) is 30.5 Å². The maximum absolute atomic E-state index is 5.37. The third kappa shape index (κ3) is 2.47. The number of rotatable bonds is 4. The SMILES string of the molecule is COc1cc(-c2nocc2-c2ccc(SC)cc2)cc2c1ONO2. The summed E-state index contributed by atoms with van der Waals surface area (Å²) in [4.78, 5) is 11.6. The number of fused-ring (bicyclic) bond motifs is 1. The van der Waals surface area contributed by atoms with Crippen molar-refractivity contribution in [3.8, 4) is 39.6 Å². The molecule has 6 nitrogen and oxygen atoms in total. The van der Waals surface area contributed by atoms with Crippen molar-refractivity contribution >= 4 is 11.8 Å². The molecule has 122 valence electrons. The Morgan fingerprint density at radius 1 is 1.08 bits per heavy atom. The minimum atomic E-state index is 0.510. The number of nitrogens with one attached hydrogen (secondary N) is 1. The fourth-order valence-corrected chi connectivity index (χ4v) is 2.98. The molecule has 0 saturated carbocycles. The highest BCUT2D eigenvalue weighted by Crippen LogP contribution is 2.44. The van der Waals surface area contributed by atoms with Crippen LogP contribution in [-0.4, -0.2) is 18.5 Å². The first kappa shape index (κ1) is 14.9. The molecule has 3 aromatic rings. The summed E-state index contributed by atoms with van der Waals surface area (Å²) >= 11 is 1.70. The van der Waals surface area contributed by atoms with Crippen molar-refractivity contribution < 1.29 is 18.9 Å². The Hall–Kier alpha value is -2.64. The number of hydrogen-bond donors (Lipinski definition) is 1. The number of thioether (sulfide) groups is 1. The minimum Gasteiger partial charge on any atom is -0.493 e. The summed E-state index contributed by atoms with van der Waals surface area (Å²) in [7, 11) is 1.58. The lowest BCUT2D eigenvalue weighted by atomic mass is 10.0. The zero-order valence-corrected chi connectivity index (χ0v) is 13.8. The Balaban J connectivity index is 1.80. The molecule has 1 N–H and O–H groups in total. The van der Waals surface area contributed by atoms with E-state index in [4.69, 9.17) is 18.9 Å². The maximum Gasteiger partial charge on any atom is 0.237 e. The van der Waals surface area contributed by atoms with Crippen LogP contribution in [0.15, 0.2) is 52.1 Å². The predicted molar refractivity (Wildman–Crippen MR) is 90.1 cm³/mol. The highest BCUT2D eigenvalue weighted by Gasteiger charge is 2.23. The third-order valence-corrected chi connectivity index (χ3v) is 4.52. The predicted octanol–water partition coefficient (Wildman–Crippen LogP) is 3.93. The van der Waals surface area contributed by atoms with E-state index in [0.29, 0.717) is 22.9 Å². The lowest BCUT2D eigenvalue weighted by molar-refractivity contribution is 0.0248. The van der Waals surface area contributed by atoms with Gasteiger partial charge in [-0.15, -0.1) is 11.8 Å². The van der Waals surface area contributed by atoms with E-state index >= 15 is 0 Å². The second-order valence-corrected chi connectivity index (χ2v) is 5.98. The number of hydrogen-bond acceptors (Lipinski definition) is 7. The van der Waals surface area contributed by atoms with Gasteiger partial charge in [-0.3, -0.25) is 0 Å². The van der Waals surface area contributed by atoms with Crippen LogP contribution in [0.4, 0.5) is 0 Å². The Bertz CT molecular complexity index is 877. The topological polar surface area (TPSA) is 65.8 Å². The summed E-state index contributed by atoms with van der Waals surface area (Å²) in [6.07, 6.45) is 3.69. The molecule has 1 aliphatic rings. The van der Waals surface area contributed by atoms with Crippen molar-refractivity contribution in [3.63, 3.8) is 0 Å². The molecule has 1 aromatic heterocycles. The Labute approximate surface area is 142 Å². The second-order valence-electron chi connectivity index (χ2n) is 5.10. The lowest BCUT2D eigenvalue weighted by Crippen LogP contribution is -2.14. The van der Waals surface area contributed by atoms with Crippen molar-refractivity contribution in [1.82, 2.24) is 10.8 Å². The lowest BCUT2D eigenvalue weighted by Gasteiger charge is -2.07. The van der Waals surface area contributed by atoms with Gasteiger partial charge in [0.2, 0.25) is 11.5 Å². The van der Waals surface area contributed by atoms with Crippen molar-refractivity contribution in [2.75, 3.05) is 13.4 Å². The molecule has 0 spiro atoms. The quantitative estimate of drug-likeness (QED) is 0.721. The van der Waals surface area contributed by atoms with Crippen molar-refractivity contribution in [3.05, 3.63) is 42.7 Å². The van der Waals surface area contributed by atoms with E-state index in [-0.39, 0.29) is 0 Å². The summed E-state index contributed by atoms with van der Waals surface area (Å²) in [5, 5.41) is 4.15. The fraction of sp³-hybridized carbons (Fsp3) is 0.118. The smallest absolute Gasteiger partial charge is 0.237 e. The molecular weight excluding hydrogens is 328 g/mol. The van der Waals surface area contributed by atoms with Crippen LogP contribution in [0.1, 0.15) is 0 Å². The van der Waals surface area contributed by atoms with Crippen LogP contribution in [0.25, 0.3) is 22.4 Å². The van der Waals surface area contributed by atoms with Gasteiger partial charge in [0.05, 0.1) is 7.11 Å². The van der Waals surface area contributed by atoms with Gasteiger partial charge in [0, 0.05) is 21.7 Å². The standard InChI is InChI=1S/C17H14N2O4S/c1-20-14-7-11(8-15-17(14)23-19-22-15)16-13(9-21-18-16)10-3-5-12(24-2)6-4-10/h3-9,19H,1-2H3. The number of benzene rings is 2. The van der Waals surface area contributed by atoms with Gasteiger partial charge < -0.3 is 18.9 Å². The molecule has 0 aliphatic carbocycles. The van der Waals surface area contributed by atoms with Crippen LogP contribution in [-0.2, 0) is 0 Å². The summed E-state index contributed by atoms with van der Waals surface area (Å²) in [6, 6.07) is 11.9. The van der Waals surface area contributed by atoms with Gasteiger partial charge in [0.1, 0.15) is 12.0 Å². The number of aromatic nitrogens is 1. The Kier molecular flexibility index (Phi) is 3.79. The van der Waals surface area contributed by atoms with Crippen LogP contribution < -0.4 is 20.1 Å². The Morgan fingerprint density at radius 3 is 2.67 bits per heavy atom. The van der Waals surface area contributed by atoms with Gasteiger partial charge in [-0.2, -0.15) is 0 Å². The van der Waals surface area contributed by atoms with Gasteiger partial charge in [0.15, 0.2) is 5.75 Å². The summed E-state index contributed by atoms with van der Waals surface area (Å²) in [5.74, 6) is 1.60. The van der Waals surface area contributed by atoms with E-state index in [9.17, 15) is 0 Å². The maximum atomic E-state index is 5.37. The molecule has 0 unspecified atom stereocenters. The molecule has 0 fully saturated rings. The molecule has 0 bridgehead atoms. The zero-order valence-electron chi connectivity index (χ0n) is 13.0. The first-order valence-corrected chi connectivity index (χ1v) is 8.42. The first-order chi connectivity index (χ1) is 11.8. The highest BCUT2D eigenvalue weighted by atomic mass is 32.2. The average molecular weight is 342 g/mol. The van der Waals surface area contributed by atoms with Gasteiger partial charge in [-0.1, -0.05) is 17.3 Å². The number of nitrogens with zero attached hydrogens (tertiary/aromatic N) is 1. The van der Waals surface area contributed by atoms with Gasteiger partial charge in [-0.05, 0) is 36.1 Å². The normalized spacial score (nSPS) is 12.4. The van der Waals surface area contributed by atoms with E-state index in [1.54, 1.807) is 25.1 Å². The van der Waals surface area contributed by atoms with Gasteiger partial charge in [-0.25, -0.2) is 0 Å². The molecule has 2 aromatic carbocycles. The van der Waals surface area contributed by atoms with Crippen LogP contribution in [0.5, 0.6) is 17.2 Å². The summed E-state index contributed by atoms with van der Waals surface area (Å²) < 4.78 is 10.6. The summed E-state index contributed by atoms with van der Waals surface area (Å²) in [5.41, 5.74) is 5.82. The van der Waals surface area contributed by atoms with E-state index in [2.05, 4.69) is 22.9 Å². The fourth-order valence-electron chi connectivity index (χ4n) is 2.57. The number of methoxy groups -OCH3 is 1. The Morgan fingerprint density at radius 2 is 1.92 bits per heavy atom. The van der Waals surface area contributed by atoms with Crippen LogP contribution >= 0.6 is 11.8 Å².